The second-order valence-corrected chi connectivity index (χ2v) is 8.17. The molecule has 0 bridgehead atoms. The summed E-state index contributed by atoms with van der Waals surface area (Å²) in [5.74, 6) is 1.30. The van der Waals surface area contributed by atoms with Crippen molar-refractivity contribution in [1.82, 2.24) is 19.8 Å². The van der Waals surface area contributed by atoms with Gasteiger partial charge >= 0.3 is 0 Å². The Labute approximate surface area is 204 Å². The molecule has 1 fully saturated rings. The zero-order chi connectivity index (χ0) is 24.8. The summed E-state index contributed by atoms with van der Waals surface area (Å²) < 4.78 is 0. The number of hydrogen-bond donors (Lipinski definition) is 1. The van der Waals surface area contributed by atoms with Gasteiger partial charge in [0.2, 0.25) is 11.8 Å². The van der Waals surface area contributed by atoms with E-state index < -0.39 is 0 Å². The fourth-order valence-electron chi connectivity index (χ4n) is 3.95. The molecule has 0 unspecified atom stereocenters. The highest BCUT2D eigenvalue weighted by atomic mass is 16.2. The molecule has 1 aromatic heterocycles. The largest absolute Gasteiger partial charge is 0.353 e. The zero-order valence-electron chi connectivity index (χ0n) is 19.9. The minimum Gasteiger partial charge on any atom is -0.353 e. The summed E-state index contributed by atoms with van der Waals surface area (Å²) >= 11 is 0. The van der Waals surface area contributed by atoms with Crippen molar-refractivity contribution in [2.45, 2.75) is 13.8 Å². The van der Waals surface area contributed by atoms with Crippen LogP contribution in [0.5, 0.6) is 0 Å². The monoisotopic (exact) mass is 472 g/mol. The lowest BCUT2D eigenvalue weighted by atomic mass is 10.1. The summed E-state index contributed by atoms with van der Waals surface area (Å²) in [7, 11) is 0. The number of benzene rings is 1. The molecule has 180 valence electrons. The third-order valence-electron chi connectivity index (χ3n) is 5.73. The van der Waals surface area contributed by atoms with E-state index in [1.807, 2.05) is 52.5 Å². The molecular formula is C25H28N8O2. The highest BCUT2D eigenvalue weighted by Crippen LogP contribution is 2.26. The van der Waals surface area contributed by atoms with Crippen LogP contribution in [0.2, 0.25) is 0 Å². The molecule has 2 aromatic rings. The van der Waals surface area contributed by atoms with Crippen LogP contribution in [0, 0.1) is 0 Å². The number of piperazine rings is 1. The van der Waals surface area contributed by atoms with Gasteiger partial charge in [-0.3, -0.25) is 19.6 Å². The molecule has 0 spiro atoms. The Balaban J connectivity index is 1.55. The van der Waals surface area contributed by atoms with E-state index in [-0.39, 0.29) is 11.8 Å². The summed E-state index contributed by atoms with van der Waals surface area (Å²) in [5, 5.41) is 2.76. The number of anilines is 2. The highest BCUT2D eigenvalue weighted by Gasteiger charge is 2.22. The van der Waals surface area contributed by atoms with Crippen molar-refractivity contribution < 1.29 is 9.59 Å². The number of nitrogens with one attached hydrogen (secondary N) is 1. The molecule has 2 aliphatic rings. The molecule has 0 atom stereocenters. The van der Waals surface area contributed by atoms with Crippen molar-refractivity contribution in [1.29, 1.82) is 0 Å². The number of amides is 2. The Morgan fingerprint density at radius 1 is 1.09 bits per heavy atom. The number of rotatable bonds is 6. The average Bonchev–Trinajstić information content (AvgIpc) is 2.87. The first-order valence-electron chi connectivity index (χ1n) is 11.3. The molecule has 0 radical (unpaired) electrons. The van der Waals surface area contributed by atoms with Crippen LogP contribution in [0.25, 0.3) is 11.4 Å². The van der Waals surface area contributed by atoms with Crippen LogP contribution >= 0.6 is 0 Å². The van der Waals surface area contributed by atoms with Crippen LogP contribution < -0.4 is 10.2 Å². The molecule has 3 heterocycles. The van der Waals surface area contributed by atoms with Crippen molar-refractivity contribution in [3.05, 3.63) is 60.3 Å². The molecular weight excluding hydrogens is 444 g/mol. The van der Waals surface area contributed by atoms with E-state index in [0.717, 1.165) is 22.8 Å². The molecule has 10 heteroatoms. The van der Waals surface area contributed by atoms with Gasteiger partial charge in [0.15, 0.2) is 5.82 Å². The molecule has 35 heavy (non-hydrogen) atoms. The number of hydrogen-bond acceptors (Lipinski definition) is 8. The molecule has 4 rings (SSSR count). The van der Waals surface area contributed by atoms with Gasteiger partial charge in [-0.2, -0.15) is 0 Å². The number of aromatic nitrogens is 2. The van der Waals surface area contributed by atoms with Crippen molar-refractivity contribution in [2.24, 2.45) is 9.98 Å². The van der Waals surface area contributed by atoms with E-state index >= 15 is 0 Å². The normalized spacial score (nSPS) is 16.1. The minimum absolute atomic E-state index is 0.0920. The Hall–Kier alpha value is -4.34. The van der Waals surface area contributed by atoms with Crippen LogP contribution in [0.4, 0.5) is 11.5 Å². The van der Waals surface area contributed by atoms with Gasteiger partial charge in [0.05, 0.1) is 18.4 Å². The maximum absolute atomic E-state index is 11.6. The van der Waals surface area contributed by atoms with Crippen molar-refractivity contribution in [2.75, 3.05) is 42.9 Å². The van der Waals surface area contributed by atoms with Gasteiger partial charge in [-0.15, -0.1) is 0 Å². The third-order valence-corrected chi connectivity index (χ3v) is 5.73. The van der Waals surface area contributed by atoms with Gasteiger partial charge < -0.3 is 20.0 Å². The number of aliphatic imine (C=N–C) groups is 2. The summed E-state index contributed by atoms with van der Waals surface area (Å²) in [6.07, 6.45) is 7.11. The Bertz CT molecular complexity index is 1190. The van der Waals surface area contributed by atoms with Crippen molar-refractivity contribution in [3.63, 3.8) is 0 Å². The molecule has 0 saturated carbocycles. The maximum Gasteiger partial charge on any atom is 0.221 e. The smallest absolute Gasteiger partial charge is 0.221 e. The molecule has 0 aliphatic carbocycles. The second-order valence-electron chi connectivity index (χ2n) is 8.17. The van der Waals surface area contributed by atoms with Crippen LogP contribution in [0.3, 0.4) is 0 Å². The average molecular weight is 473 g/mol. The fourth-order valence-corrected chi connectivity index (χ4v) is 3.95. The van der Waals surface area contributed by atoms with Gasteiger partial charge in [0.1, 0.15) is 11.5 Å². The molecule has 1 aromatic carbocycles. The molecule has 1 saturated heterocycles. The summed E-state index contributed by atoms with van der Waals surface area (Å²) in [6, 6.07) is 9.37. The SMILES string of the molecule is C=N/C=C(/c1nccc(N2CCN(C(C)=O)CC2)n1)N1C=C(c2ccc(NC(C)=O)cc2)N=CC1. The van der Waals surface area contributed by atoms with E-state index in [4.69, 9.17) is 4.98 Å². The van der Waals surface area contributed by atoms with Gasteiger partial charge in [-0.25, -0.2) is 9.97 Å². The van der Waals surface area contributed by atoms with Gasteiger partial charge in [-0.05, 0) is 24.9 Å². The lowest BCUT2D eigenvalue weighted by molar-refractivity contribution is -0.129. The van der Waals surface area contributed by atoms with Crippen molar-refractivity contribution in [3.8, 4) is 0 Å². The lowest BCUT2D eigenvalue weighted by Crippen LogP contribution is -2.48. The van der Waals surface area contributed by atoms with E-state index in [1.54, 1.807) is 19.3 Å². The Morgan fingerprint density at radius 2 is 1.83 bits per heavy atom. The van der Waals surface area contributed by atoms with Gasteiger partial charge in [-0.1, -0.05) is 12.1 Å². The summed E-state index contributed by atoms with van der Waals surface area (Å²) in [5.41, 5.74) is 3.09. The van der Waals surface area contributed by atoms with Crippen LogP contribution in [-0.4, -0.2) is 77.2 Å². The molecule has 10 nitrogen and oxygen atoms in total. The van der Waals surface area contributed by atoms with E-state index in [1.165, 1.54) is 6.92 Å². The number of carbonyl (C=O) groups excluding carboxylic acids is 2. The van der Waals surface area contributed by atoms with E-state index in [2.05, 4.69) is 31.9 Å². The Morgan fingerprint density at radius 3 is 2.49 bits per heavy atom. The number of nitrogens with zero attached hydrogens (tertiary/aromatic N) is 7. The van der Waals surface area contributed by atoms with E-state index in [9.17, 15) is 9.59 Å². The molecule has 1 N–H and O–H groups in total. The third kappa shape index (κ3) is 5.78. The summed E-state index contributed by atoms with van der Waals surface area (Å²) in [4.78, 5) is 46.7. The van der Waals surface area contributed by atoms with Gasteiger partial charge in [0.25, 0.3) is 0 Å². The van der Waals surface area contributed by atoms with Gasteiger partial charge in [0, 0.05) is 69.9 Å². The molecule has 2 amide bonds. The standard InChI is InChI=1S/C25H28N8O2/c1-18(34)29-21-6-4-20(5-7-21)22-17-33(11-10-27-22)23(16-26-3)25-28-9-8-24(30-25)32-14-12-31(13-15-32)19(2)35/h4-10,16-17H,3,11-15H2,1-2H3,(H,29,34)/b23-16-. The first-order chi connectivity index (χ1) is 16.9. The highest BCUT2D eigenvalue weighted by molar-refractivity contribution is 5.89. The van der Waals surface area contributed by atoms with Crippen LogP contribution in [-0.2, 0) is 9.59 Å². The predicted molar refractivity (Wildman–Crippen MR) is 138 cm³/mol. The lowest BCUT2D eigenvalue weighted by Gasteiger charge is -2.35. The molecule has 2 aliphatic heterocycles. The zero-order valence-corrected chi connectivity index (χ0v) is 19.9. The second kappa shape index (κ2) is 10.7. The first-order valence-corrected chi connectivity index (χ1v) is 11.3. The Kier molecular flexibility index (Phi) is 7.30. The van der Waals surface area contributed by atoms with Crippen molar-refractivity contribution >= 4 is 47.6 Å². The topological polar surface area (TPSA) is 106 Å². The summed E-state index contributed by atoms with van der Waals surface area (Å²) in [6.45, 7) is 9.98. The first kappa shape index (κ1) is 23.8. The maximum atomic E-state index is 11.6. The fraction of sp³-hybridized carbons (Fsp3) is 0.280. The van der Waals surface area contributed by atoms with Crippen LogP contribution in [0.15, 0.2) is 58.9 Å². The quantitative estimate of drug-likeness (QED) is 0.648. The predicted octanol–water partition coefficient (Wildman–Crippen LogP) is 2.49. The minimum atomic E-state index is -0.117. The van der Waals surface area contributed by atoms with E-state index in [0.29, 0.717) is 44.2 Å². The number of carbonyl (C=O) groups is 2. The van der Waals surface area contributed by atoms with Crippen LogP contribution in [0.1, 0.15) is 25.2 Å².